The van der Waals surface area contributed by atoms with E-state index in [1.54, 1.807) is 35.6 Å². The van der Waals surface area contributed by atoms with Crippen molar-refractivity contribution in [3.8, 4) is 6.07 Å². The summed E-state index contributed by atoms with van der Waals surface area (Å²) in [5.41, 5.74) is 1.09. The monoisotopic (exact) mass is 285 g/mol. The van der Waals surface area contributed by atoms with Crippen LogP contribution in [0.4, 0.5) is 0 Å². The van der Waals surface area contributed by atoms with Gasteiger partial charge in [-0.15, -0.1) is 11.3 Å². The molecule has 1 amide bonds. The Hall–Kier alpha value is -2.19. The van der Waals surface area contributed by atoms with Crippen LogP contribution in [0.5, 0.6) is 0 Å². The highest BCUT2D eigenvalue weighted by Crippen LogP contribution is 2.20. The maximum Gasteiger partial charge on any atom is 0.251 e. The lowest BCUT2D eigenvalue weighted by Crippen LogP contribution is -2.26. The predicted octanol–water partition coefficient (Wildman–Crippen LogP) is 3.07. The quantitative estimate of drug-likeness (QED) is 0.938. The molecule has 4 nitrogen and oxygen atoms in total. The van der Waals surface area contributed by atoms with Crippen LogP contribution in [0.25, 0.3) is 0 Å². The Bertz CT molecular complexity index is 640. The Balaban J connectivity index is 2.04. The largest absolute Gasteiger partial charge is 0.343 e. The van der Waals surface area contributed by atoms with E-state index in [0.717, 1.165) is 11.4 Å². The van der Waals surface area contributed by atoms with Crippen molar-refractivity contribution >= 4 is 17.2 Å². The van der Waals surface area contributed by atoms with Gasteiger partial charge in [0.1, 0.15) is 5.01 Å². The summed E-state index contributed by atoms with van der Waals surface area (Å²) in [6.45, 7) is 4.00. The molecule has 5 heteroatoms. The van der Waals surface area contributed by atoms with E-state index in [-0.39, 0.29) is 11.9 Å². The van der Waals surface area contributed by atoms with Crippen molar-refractivity contribution < 1.29 is 4.79 Å². The highest BCUT2D eigenvalue weighted by molar-refractivity contribution is 7.11. The summed E-state index contributed by atoms with van der Waals surface area (Å²) in [6.07, 6.45) is 2.80. The molecule has 102 valence electrons. The zero-order valence-corrected chi connectivity index (χ0v) is 12.2. The fraction of sp³-hybridized carbons (Fsp3) is 0.267. The Morgan fingerprint density at radius 2 is 2.15 bits per heavy atom. The smallest absolute Gasteiger partial charge is 0.251 e. The van der Waals surface area contributed by atoms with E-state index in [0.29, 0.717) is 11.1 Å². The van der Waals surface area contributed by atoms with Crippen LogP contribution in [-0.2, 0) is 6.42 Å². The van der Waals surface area contributed by atoms with Crippen LogP contribution in [0, 0.1) is 11.3 Å². The maximum atomic E-state index is 12.1. The third-order valence-electron chi connectivity index (χ3n) is 2.91. The summed E-state index contributed by atoms with van der Waals surface area (Å²) in [4.78, 5) is 17.6. The molecule has 0 radical (unpaired) electrons. The second-order valence-corrected chi connectivity index (χ2v) is 5.55. The van der Waals surface area contributed by atoms with Crippen molar-refractivity contribution in [2.75, 3.05) is 0 Å². The van der Waals surface area contributed by atoms with Gasteiger partial charge in [0.05, 0.1) is 17.7 Å². The molecule has 1 N–H and O–H groups in total. The molecule has 2 aromatic rings. The number of hydrogen-bond donors (Lipinski definition) is 1. The van der Waals surface area contributed by atoms with E-state index in [2.05, 4.69) is 17.2 Å². The van der Waals surface area contributed by atoms with Gasteiger partial charge < -0.3 is 5.32 Å². The average molecular weight is 285 g/mol. The molecule has 0 saturated carbocycles. The van der Waals surface area contributed by atoms with E-state index in [9.17, 15) is 4.79 Å². The van der Waals surface area contributed by atoms with E-state index in [4.69, 9.17) is 5.26 Å². The summed E-state index contributed by atoms with van der Waals surface area (Å²) < 4.78 is 0. The molecule has 0 spiro atoms. The molecule has 1 unspecified atom stereocenters. The number of nitrogens with one attached hydrogen (secondary N) is 1. The minimum Gasteiger partial charge on any atom is -0.343 e. The van der Waals surface area contributed by atoms with Crippen molar-refractivity contribution in [3.05, 3.63) is 51.5 Å². The number of aryl methyl sites for hydroxylation is 1. The molecule has 2 rings (SSSR count). The molecular weight excluding hydrogens is 270 g/mol. The standard InChI is InChI=1S/C15H15N3OS/c1-3-13-9-17-15(20-13)10(2)18-14(19)12-6-4-11(8-16)5-7-12/h4-7,9-10H,3H2,1-2H3,(H,18,19). The Labute approximate surface area is 122 Å². The van der Waals surface area contributed by atoms with Crippen LogP contribution >= 0.6 is 11.3 Å². The van der Waals surface area contributed by atoms with Gasteiger partial charge in [0.2, 0.25) is 0 Å². The molecule has 1 atom stereocenters. The first-order valence-electron chi connectivity index (χ1n) is 6.39. The number of amides is 1. The number of benzene rings is 1. The molecule has 0 fully saturated rings. The number of hydrogen-bond acceptors (Lipinski definition) is 4. The zero-order valence-electron chi connectivity index (χ0n) is 11.4. The van der Waals surface area contributed by atoms with Gasteiger partial charge in [0.15, 0.2) is 0 Å². The summed E-state index contributed by atoms with van der Waals surface area (Å²) in [7, 11) is 0. The lowest BCUT2D eigenvalue weighted by Gasteiger charge is -2.11. The molecule has 0 saturated heterocycles. The van der Waals surface area contributed by atoms with Gasteiger partial charge in [-0.2, -0.15) is 5.26 Å². The Kier molecular flexibility index (Phi) is 4.49. The first kappa shape index (κ1) is 14.2. The van der Waals surface area contributed by atoms with Crippen LogP contribution in [0.3, 0.4) is 0 Å². The first-order valence-corrected chi connectivity index (χ1v) is 7.21. The molecule has 1 aromatic heterocycles. The Morgan fingerprint density at radius 3 is 2.70 bits per heavy atom. The number of carbonyl (C=O) groups is 1. The van der Waals surface area contributed by atoms with Gasteiger partial charge in [0.25, 0.3) is 5.91 Å². The molecule has 0 aliphatic carbocycles. The van der Waals surface area contributed by atoms with Crippen molar-refractivity contribution in [3.63, 3.8) is 0 Å². The topological polar surface area (TPSA) is 65.8 Å². The van der Waals surface area contributed by atoms with Gasteiger partial charge in [-0.1, -0.05) is 6.92 Å². The maximum absolute atomic E-state index is 12.1. The van der Waals surface area contributed by atoms with Crippen molar-refractivity contribution in [2.45, 2.75) is 26.3 Å². The summed E-state index contributed by atoms with van der Waals surface area (Å²) in [5.74, 6) is -0.157. The second-order valence-electron chi connectivity index (χ2n) is 4.40. The van der Waals surface area contributed by atoms with Crippen LogP contribution in [0.1, 0.15) is 45.7 Å². The minimum absolute atomic E-state index is 0.122. The number of rotatable bonds is 4. The normalized spacial score (nSPS) is 11.7. The van der Waals surface area contributed by atoms with Crippen molar-refractivity contribution in [2.24, 2.45) is 0 Å². The predicted molar refractivity (Wildman–Crippen MR) is 78.5 cm³/mol. The third-order valence-corrected chi connectivity index (χ3v) is 4.24. The highest BCUT2D eigenvalue weighted by atomic mass is 32.1. The molecular formula is C15H15N3OS. The van der Waals surface area contributed by atoms with E-state index in [1.165, 1.54) is 4.88 Å². The van der Waals surface area contributed by atoms with Gasteiger partial charge in [-0.25, -0.2) is 4.98 Å². The summed E-state index contributed by atoms with van der Waals surface area (Å²) in [5, 5.41) is 12.5. The van der Waals surface area contributed by atoms with Crippen LogP contribution < -0.4 is 5.32 Å². The van der Waals surface area contributed by atoms with Gasteiger partial charge in [-0.05, 0) is 37.6 Å². The van der Waals surface area contributed by atoms with Crippen molar-refractivity contribution in [1.82, 2.24) is 10.3 Å². The van der Waals surface area contributed by atoms with Gasteiger partial charge in [-0.3, -0.25) is 4.79 Å². The number of carbonyl (C=O) groups excluding carboxylic acids is 1. The van der Waals surface area contributed by atoms with Crippen LogP contribution in [0.2, 0.25) is 0 Å². The average Bonchev–Trinajstić information content (AvgIpc) is 2.96. The molecule has 20 heavy (non-hydrogen) atoms. The summed E-state index contributed by atoms with van der Waals surface area (Å²) >= 11 is 1.62. The number of thiazole rings is 1. The molecule has 0 bridgehead atoms. The third kappa shape index (κ3) is 3.22. The SMILES string of the molecule is CCc1cnc(C(C)NC(=O)c2ccc(C#N)cc2)s1. The van der Waals surface area contributed by atoms with Crippen LogP contribution in [-0.4, -0.2) is 10.9 Å². The fourth-order valence-corrected chi connectivity index (χ4v) is 2.58. The Morgan fingerprint density at radius 1 is 1.45 bits per heavy atom. The number of nitrogens with zero attached hydrogens (tertiary/aromatic N) is 2. The molecule has 0 aliphatic heterocycles. The van der Waals surface area contributed by atoms with Gasteiger partial charge >= 0.3 is 0 Å². The van der Waals surface area contributed by atoms with Crippen molar-refractivity contribution in [1.29, 1.82) is 5.26 Å². The molecule has 0 aliphatic rings. The fourth-order valence-electron chi connectivity index (χ4n) is 1.72. The number of nitriles is 1. The highest BCUT2D eigenvalue weighted by Gasteiger charge is 2.14. The van der Waals surface area contributed by atoms with E-state index < -0.39 is 0 Å². The zero-order chi connectivity index (χ0) is 14.5. The van der Waals surface area contributed by atoms with Gasteiger partial charge in [0, 0.05) is 16.6 Å². The molecule has 1 aromatic carbocycles. The van der Waals surface area contributed by atoms with E-state index in [1.807, 2.05) is 19.2 Å². The summed E-state index contributed by atoms with van der Waals surface area (Å²) in [6, 6.07) is 8.49. The second kappa shape index (κ2) is 6.31. The lowest BCUT2D eigenvalue weighted by atomic mass is 10.1. The number of aromatic nitrogens is 1. The lowest BCUT2D eigenvalue weighted by molar-refractivity contribution is 0.0940. The van der Waals surface area contributed by atoms with Crippen LogP contribution in [0.15, 0.2) is 30.5 Å². The molecule has 1 heterocycles. The van der Waals surface area contributed by atoms with E-state index >= 15 is 0 Å². The first-order chi connectivity index (χ1) is 9.63. The minimum atomic E-state index is -0.157.